The number of hydrogen-bond acceptors (Lipinski definition) is 2. The van der Waals surface area contributed by atoms with Gasteiger partial charge in [0.15, 0.2) is 0 Å². The van der Waals surface area contributed by atoms with E-state index in [1.807, 2.05) is 43.9 Å². The van der Waals surface area contributed by atoms with E-state index in [2.05, 4.69) is 5.32 Å². The molecule has 4 nitrogen and oxygen atoms in total. The number of halogens is 1. The normalized spacial score (nSPS) is 13.5. The minimum Gasteiger partial charge on any atom is -0.322 e. The summed E-state index contributed by atoms with van der Waals surface area (Å²) in [5.41, 5.74) is 2.78. The number of rotatable bonds is 2. The van der Waals surface area contributed by atoms with Crippen molar-refractivity contribution in [3.05, 3.63) is 58.6 Å². The minimum absolute atomic E-state index is 0.0902. The van der Waals surface area contributed by atoms with Crippen LogP contribution in [0.25, 0.3) is 0 Å². The number of fused-ring (bicyclic) bond motifs is 1. The molecule has 25 heavy (non-hydrogen) atoms. The highest BCUT2D eigenvalue weighted by atomic mass is 35.5. The quantitative estimate of drug-likeness (QED) is 0.859. The van der Waals surface area contributed by atoms with Gasteiger partial charge >= 0.3 is 0 Å². The van der Waals surface area contributed by atoms with Crippen molar-refractivity contribution in [2.24, 2.45) is 5.41 Å². The fourth-order valence-corrected chi connectivity index (χ4v) is 3.00. The Bertz CT molecular complexity index is 823. The molecule has 0 aromatic heterocycles. The molecule has 0 aliphatic carbocycles. The van der Waals surface area contributed by atoms with Crippen LogP contribution >= 0.6 is 11.6 Å². The van der Waals surface area contributed by atoms with Crippen molar-refractivity contribution < 1.29 is 9.59 Å². The fourth-order valence-electron chi connectivity index (χ4n) is 2.88. The first-order valence-corrected chi connectivity index (χ1v) is 8.65. The highest BCUT2D eigenvalue weighted by Gasteiger charge is 2.32. The highest BCUT2D eigenvalue weighted by Crippen LogP contribution is 2.34. The molecule has 1 aliphatic rings. The van der Waals surface area contributed by atoms with Crippen molar-refractivity contribution in [3.63, 3.8) is 0 Å². The molecule has 1 N–H and O–H groups in total. The van der Waals surface area contributed by atoms with Gasteiger partial charge in [0, 0.05) is 33.9 Å². The van der Waals surface area contributed by atoms with E-state index in [4.69, 9.17) is 11.6 Å². The Morgan fingerprint density at radius 2 is 1.76 bits per heavy atom. The number of nitrogens with zero attached hydrogens (tertiary/aromatic N) is 1. The lowest BCUT2D eigenvalue weighted by atomic mass is 9.94. The second-order valence-corrected chi connectivity index (χ2v) is 7.70. The van der Waals surface area contributed by atoms with Gasteiger partial charge in [-0.15, -0.1) is 0 Å². The third-order valence-corrected chi connectivity index (χ3v) is 4.48. The summed E-state index contributed by atoms with van der Waals surface area (Å²) >= 11 is 5.85. The summed E-state index contributed by atoms with van der Waals surface area (Å²) in [6.07, 6.45) is 0.836. The molecule has 5 heteroatoms. The molecule has 0 spiro atoms. The van der Waals surface area contributed by atoms with Crippen LogP contribution in [0.15, 0.2) is 42.5 Å². The topological polar surface area (TPSA) is 49.4 Å². The molecule has 1 heterocycles. The molecule has 0 unspecified atom stereocenters. The van der Waals surface area contributed by atoms with E-state index in [0.29, 0.717) is 22.8 Å². The van der Waals surface area contributed by atoms with E-state index < -0.39 is 5.41 Å². The van der Waals surface area contributed by atoms with Crippen molar-refractivity contribution in [2.45, 2.75) is 27.2 Å². The van der Waals surface area contributed by atoms with Gasteiger partial charge in [0.25, 0.3) is 5.91 Å². The Balaban J connectivity index is 1.82. The van der Waals surface area contributed by atoms with Gasteiger partial charge in [-0.05, 0) is 48.4 Å². The summed E-state index contributed by atoms with van der Waals surface area (Å²) in [6, 6.07) is 12.5. The van der Waals surface area contributed by atoms with E-state index in [-0.39, 0.29) is 11.8 Å². The molecule has 0 atom stereocenters. The molecular weight excluding hydrogens is 336 g/mol. The van der Waals surface area contributed by atoms with Crippen molar-refractivity contribution in [1.82, 2.24) is 0 Å². The summed E-state index contributed by atoms with van der Waals surface area (Å²) in [5, 5.41) is 3.47. The van der Waals surface area contributed by atoms with Crippen LogP contribution in [0.2, 0.25) is 5.02 Å². The van der Waals surface area contributed by atoms with Crippen molar-refractivity contribution >= 4 is 34.8 Å². The lowest BCUT2D eigenvalue weighted by molar-refractivity contribution is -0.125. The zero-order valence-electron chi connectivity index (χ0n) is 14.6. The predicted molar refractivity (Wildman–Crippen MR) is 101 cm³/mol. The van der Waals surface area contributed by atoms with Crippen molar-refractivity contribution in [2.75, 3.05) is 16.8 Å². The zero-order chi connectivity index (χ0) is 18.2. The van der Waals surface area contributed by atoms with E-state index in [1.165, 1.54) is 0 Å². The molecule has 2 aromatic rings. The van der Waals surface area contributed by atoms with Gasteiger partial charge in [-0.3, -0.25) is 9.59 Å². The second kappa shape index (κ2) is 6.52. The molecule has 0 saturated carbocycles. The number of carbonyl (C=O) groups excluding carboxylic acids is 2. The van der Waals surface area contributed by atoms with Crippen LogP contribution in [-0.4, -0.2) is 18.4 Å². The highest BCUT2D eigenvalue weighted by molar-refractivity contribution is 6.30. The SMILES string of the molecule is CC(C)(C)C(=O)N1CCc2ccc(NC(=O)c3ccc(Cl)cc3)cc21. The maximum Gasteiger partial charge on any atom is 0.255 e. The molecule has 3 rings (SSSR count). The zero-order valence-corrected chi connectivity index (χ0v) is 15.4. The fraction of sp³-hybridized carbons (Fsp3) is 0.300. The van der Waals surface area contributed by atoms with Gasteiger partial charge in [-0.25, -0.2) is 0 Å². The predicted octanol–water partition coefficient (Wildman–Crippen LogP) is 4.53. The first-order chi connectivity index (χ1) is 11.8. The minimum atomic E-state index is -0.440. The lowest BCUT2D eigenvalue weighted by Gasteiger charge is -2.26. The van der Waals surface area contributed by atoms with Crippen LogP contribution in [0.5, 0.6) is 0 Å². The van der Waals surface area contributed by atoms with Crippen LogP contribution in [-0.2, 0) is 11.2 Å². The first-order valence-electron chi connectivity index (χ1n) is 8.27. The number of carbonyl (C=O) groups is 2. The molecule has 0 saturated heterocycles. The van der Waals surface area contributed by atoms with Gasteiger partial charge in [-0.1, -0.05) is 38.4 Å². The number of hydrogen-bond donors (Lipinski definition) is 1. The van der Waals surface area contributed by atoms with Gasteiger partial charge < -0.3 is 10.2 Å². The molecule has 0 fully saturated rings. The van der Waals surface area contributed by atoms with Crippen molar-refractivity contribution in [1.29, 1.82) is 0 Å². The number of anilines is 2. The molecule has 0 bridgehead atoms. The maximum absolute atomic E-state index is 12.6. The molecule has 1 aliphatic heterocycles. The number of nitrogens with one attached hydrogen (secondary N) is 1. The van der Waals surface area contributed by atoms with Crippen LogP contribution in [0, 0.1) is 5.41 Å². The number of amides is 2. The maximum atomic E-state index is 12.6. The largest absolute Gasteiger partial charge is 0.322 e. The molecular formula is C20H21ClN2O2. The van der Waals surface area contributed by atoms with E-state index in [1.54, 1.807) is 24.3 Å². The molecule has 2 amide bonds. The van der Waals surface area contributed by atoms with Gasteiger partial charge in [0.05, 0.1) is 0 Å². The van der Waals surface area contributed by atoms with Crippen LogP contribution in [0.4, 0.5) is 11.4 Å². The van der Waals surface area contributed by atoms with E-state index in [0.717, 1.165) is 17.7 Å². The summed E-state index contributed by atoms with van der Waals surface area (Å²) in [5.74, 6) is -0.115. The lowest BCUT2D eigenvalue weighted by Crippen LogP contribution is -2.38. The Hall–Kier alpha value is -2.33. The summed E-state index contributed by atoms with van der Waals surface area (Å²) in [7, 11) is 0. The Labute approximate surface area is 152 Å². The Kier molecular flexibility index (Phi) is 4.56. The number of benzene rings is 2. The van der Waals surface area contributed by atoms with Gasteiger partial charge in [0.2, 0.25) is 5.91 Å². The average molecular weight is 357 g/mol. The standard InChI is InChI=1S/C20H21ClN2O2/c1-20(2,3)19(25)23-11-10-13-6-9-16(12-17(13)23)22-18(24)14-4-7-15(21)8-5-14/h4-9,12H,10-11H2,1-3H3,(H,22,24). The van der Waals surface area contributed by atoms with Crippen LogP contribution in [0.1, 0.15) is 36.7 Å². The Morgan fingerprint density at radius 1 is 1.08 bits per heavy atom. The summed E-state index contributed by atoms with van der Waals surface area (Å²) < 4.78 is 0. The first kappa shape index (κ1) is 17.5. The van der Waals surface area contributed by atoms with Crippen molar-refractivity contribution in [3.8, 4) is 0 Å². The third-order valence-electron chi connectivity index (χ3n) is 4.23. The third kappa shape index (κ3) is 3.69. The van der Waals surface area contributed by atoms with Gasteiger partial charge in [0.1, 0.15) is 0 Å². The molecule has 130 valence electrons. The Morgan fingerprint density at radius 3 is 2.40 bits per heavy atom. The monoisotopic (exact) mass is 356 g/mol. The molecule has 0 radical (unpaired) electrons. The second-order valence-electron chi connectivity index (χ2n) is 7.26. The van der Waals surface area contributed by atoms with Crippen LogP contribution < -0.4 is 10.2 Å². The van der Waals surface area contributed by atoms with Gasteiger partial charge in [-0.2, -0.15) is 0 Å². The average Bonchev–Trinajstić information content (AvgIpc) is 2.96. The van der Waals surface area contributed by atoms with E-state index >= 15 is 0 Å². The molecule has 2 aromatic carbocycles. The van der Waals surface area contributed by atoms with Crippen LogP contribution in [0.3, 0.4) is 0 Å². The summed E-state index contributed by atoms with van der Waals surface area (Å²) in [6.45, 7) is 6.43. The van der Waals surface area contributed by atoms with E-state index in [9.17, 15) is 9.59 Å². The summed E-state index contributed by atoms with van der Waals surface area (Å²) in [4.78, 5) is 26.8. The smallest absolute Gasteiger partial charge is 0.255 e.